The molecule has 0 unspecified atom stereocenters. The quantitative estimate of drug-likeness (QED) is 0.738. The number of ether oxygens (including phenoxy) is 1. The lowest BCUT2D eigenvalue weighted by atomic mass is 9.97. The van der Waals surface area contributed by atoms with Crippen LogP contribution in [-0.4, -0.2) is 57.1 Å². The molecule has 2 N–H and O–H groups in total. The first-order chi connectivity index (χ1) is 12.3. The van der Waals surface area contributed by atoms with Crippen molar-refractivity contribution in [2.75, 3.05) is 43.2 Å². The topological polar surface area (TPSA) is 105 Å². The van der Waals surface area contributed by atoms with E-state index in [2.05, 4.69) is 10.6 Å². The number of nitrogens with zero attached hydrogens (tertiary/aromatic N) is 1. The molecule has 9 heteroatoms. The fraction of sp³-hybridized carbons (Fsp3) is 0.529. The van der Waals surface area contributed by atoms with Gasteiger partial charge in [-0.25, -0.2) is 12.7 Å². The van der Waals surface area contributed by atoms with Crippen LogP contribution in [0.25, 0.3) is 0 Å². The Balaban J connectivity index is 1.89. The van der Waals surface area contributed by atoms with Crippen LogP contribution in [-0.2, 0) is 24.3 Å². The number of sulfonamides is 1. The average molecular weight is 383 g/mol. The van der Waals surface area contributed by atoms with E-state index >= 15 is 0 Å². The Hall–Kier alpha value is -1.97. The summed E-state index contributed by atoms with van der Waals surface area (Å²) in [6, 6.07) is 6.91. The second kappa shape index (κ2) is 9.11. The standard InChI is InChI=1S/C17H25N3O5S/c1-13(21)18-15-4-3-5-16(12-15)19-17(22)14-6-8-20(9-7-14)26(23,24)11-10-25-2/h3-5,12,14H,6-11H2,1-2H3,(H,18,21)(H,19,22). The van der Waals surface area contributed by atoms with Gasteiger partial charge >= 0.3 is 0 Å². The van der Waals surface area contributed by atoms with Crippen LogP contribution in [0.2, 0.25) is 0 Å². The Kier molecular flexibility index (Phi) is 7.13. The van der Waals surface area contributed by atoms with Crippen molar-refractivity contribution in [2.24, 2.45) is 5.92 Å². The van der Waals surface area contributed by atoms with E-state index in [0.29, 0.717) is 37.3 Å². The summed E-state index contributed by atoms with van der Waals surface area (Å²) >= 11 is 0. The molecule has 1 aromatic carbocycles. The number of nitrogens with one attached hydrogen (secondary N) is 2. The third kappa shape index (κ3) is 5.79. The molecule has 26 heavy (non-hydrogen) atoms. The first-order valence-electron chi connectivity index (χ1n) is 8.47. The second-order valence-corrected chi connectivity index (χ2v) is 8.32. The van der Waals surface area contributed by atoms with Gasteiger partial charge in [0.25, 0.3) is 0 Å². The van der Waals surface area contributed by atoms with Gasteiger partial charge in [-0.15, -0.1) is 0 Å². The minimum absolute atomic E-state index is 0.0453. The van der Waals surface area contributed by atoms with Gasteiger partial charge in [-0.3, -0.25) is 9.59 Å². The summed E-state index contributed by atoms with van der Waals surface area (Å²) in [6.45, 7) is 2.24. The second-order valence-electron chi connectivity index (χ2n) is 6.23. The number of benzene rings is 1. The molecule has 0 saturated carbocycles. The maximum atomic E-state index is 12.4. The molecule has 1 aromatic rings. The predicted molar refractivity (Wildman–Crippen MR) is 99.3 cm³/mol. The lowest BCUT2D eigenvalue weighted by Crippen LogP contribution is -2.42. The maximum Gasteiger partial charge on any atom is 0.227 e. The summed E-state index contributed by atoms with van der Waals surface area (Å²) in [5.41, 5.74) is 1.20. The zero-order valence-electron chi connectivity index (χ0n) is 15.0. The highest BCUT2D eigenvalue weighted by atomic mass is 32.2. The van der Waals surface area contributed by atoms with Crippen LogP contribution in [0.15, 0.2) is 24.3 Å². The molecule has 8 nitrogen and oxygen atoms in total. The van der Waals surface area contributed by atoms with Crippen LogP contribution in [0.5, 0.6) is 0 Å². The Morgan fingerprint density at radius 1 is 1.19 bits per heavy atom. The third-order valence-corrected chi connectivity index (χ3v) is 6.05. The Morgan fingerprint density at radius 2 is 1.81 bits per heavy atom. The number of anilines is 2. The fourth-order valence-electron chi connectivity index (χ4n) is 2.84. The Labute approximate surface area is 153 Å². The van der Waals surface area contributed by atoms with Gasteiger partial charge in [0.15, 0.2) is 0 Å². The molecule has 1 heterocycles. The van der Waals surface area contributed by atoms with Gasteiger partial charge < -0.3 is 15.4 Å². The molecule has 0 aromatic heterocycles. The SMILES string of the molecule is COCCS(=O)(=O)N1CCC(C(=O)Nc2cccc(NC(C)=O)c2)CC1. The van der Waals surface area contributed by atoms with Crippen molar-refractivity contribution >= 4 is 33.2 Å². The summed E-state index contributed by atoms with van der Waals surface area (Å²) in [6.07, 6.45) is 0.951. The van der Waals surface area contributed by atoms with E-state index in [4.69, 9.17) is 4.74 Å². The van der Waals surface area contributed by atoms with Crippen molar-refractivity contribution < 1.29 is 22.7 Å². The van der Waals surface area contributed by atoms with E-state index in [-0.39, 0.29) is 30.1 Å². The minimum atomic E-state index is -3.33. The van der Waals surface area contributed by atoms with Gasteiger partial charge in [0, 0.05) is 44.4 Å². The van der Waals surface area contributed by atoms with Crippen molar-refractivity contribution in [2.45, 2.75) is 19.8 Å². The average Bonchev–Trinajstić information content (AvgIpc) is 2.60. The number of rotatable bonds is 7. The van der Waals surface area contributed by atoms with Gasteiger partial charge in [0.2, 0.25) is 21.8 Å². The van der Waals surface area contributed by atoms with Crippen LogP contribution in [0.3, 0.4) is 0 Å². The number of hydrogen-bond donors (Lipinski definition) is 2. The summed E-state index contributed by atoms with van der Waals surface area (Å²) < 4.78 is 30.6. The lowest BCUT2D eigenvalue weighted by Gasteiger charge is -2.30. The smallest absolute Gasteiger partial charge is 0.227 e. The summed E-state index contributed by atoms with van der Waals surface area (Å²) in [5.74, 6) is -0.612. The number of amides is 2. The van der Waals surface area contributed by atoms with Crippen molar-refractivity contribution in [3.8, 4) is 0 Å². The number of carbonyl (C=O) groups excluding carboxylic acids is 2. The molecular weight excluding hydrogens is 358 g/mol. The van der Waals surface area contributed by atoms with Gasteiger partial charge in [0.1, 0.15) is 0 Å². The van der Waals surface area contributed by atoms with Crippen LogP contribution in [0, 0.1) is 5.92 Å². The fourth-order valence-corrected chi connectivity index (χ4v) is 4.24. The normalized spacial score (nSPS) is 16.2. The van der Waals surface area contributed by atoms with Crippen molar-refractivity contribution in [1.82, 2.24) is 4.31 Å². The predicted octanol–water partition coefficient (Wildman–Crippen LogP) is 1.27. The van der Waals surface area contributed by atoms with Crippen LogP contribution in [0.1, 0.15) is 19.8 Å². The Morgan fingerprint density at radius 3 is 2.38 bits per heavy atom. The van der Waals surface area contributed by atoms with Crippen LogP contribution < -0.4 is 10.6 Å². The molecule has 0 aliphatic carbocycles. The Bertz CT molecular complexity index is 743. The van der Waals surface area contributed by atoms with Crippen molar-refractivity contribution in [1.29, 1.82) is 0 Å². The highest BCUT2D eigenvalue weighted by molar-refractivity contribution is 7.89. The summed E-state index contributed by atoms with van der Waals surface area (Å²) in [4.78, 5) is 23.6. The third-order valence-electron chi connectivity index (χ3n) is 4.21. The lowest BCUT2D eigenvalue weighted by molar-refractivity contribution is -0.121. The van der Waals surface area contributed by atoms with Crippen LogP contribution >= 0.6 is 0 Å². The molecule has 1 aliphatic rings. The highest BCUT2D eigenvalue weighted by Crippen LogP contribution is 2.22. The molecule has 0 radical (unpaired) electrons. The van der Waals surface area contributed by atoms with E-state index in [0.717, 1.165) is 0 Å². The molecule has 0 bridgehead atoms. The highest BCUT2D eigenvalue weighted by Gasteiger charge is 2.30. The molecular formula is C17H25N3O5S. The molecule has 1 saturated heterocycles. The van der Waals surface area contributed by atoms with Gasteiger partial charge in [-0.2, -0.15) is 0 Å². The summed E-state index contributed by atoms with van der Waals surface area (Å²) in [7, 11) is -1.87. The first kappa shape index (κ1) is 20.3. The molecule has 0 spiro atoms. The number of carbonyl (C=O) groups is 2. The molecule has 2 amide bonds. The molecule has 1 aliphatic heterocycles. The van der Waals surface area contributed by atoms with Gasteiger partial charge in [-0.05, 0) is 31.0 Å². The zero-order chi connectivity index (χ0) is 19.2. The molecule has 1 fully saturated rings. The van der Waals surface area contributed by atoms with E-state index in [1.807, 2.05) is 0 Å². The summed E-state index contributed by atoms with van der Waals surface area (Å²) in [5, 5.41) is 5.50. The molecule has 2 rings (SSSR count). The minimum Gasteiger partial charge on any atom is -0.384 e. The van der Waals surface area contributed by atoms with E-state index in [1.54, 1.807) is 24.3 Å². The largest absolute Gasteiger partial charge is 0.384 e. The van der Waals surface area contributed by atoms with Crippen molar-refractivity contribution in [3.05, 3.63) is 24.3 Å². The van der Waals surface area contributed by atoms with Crippen LogP contribution in [0.4, 0.5) is 11.4 Å². The number of methoxy groups -OCH3 is 1. The van der Waals surface area contributed by atoms with E-state index < -0.39 is 10.0 Å². The molecule has 144 valence electrons. The monoisotopic (exact) mass is 383 g/mol. The van der Waals surface area contributed by atoms with Crippen molar-refractivity contribution in [3.63, 3.8) is 0 Å². The van der Waals surface area contributed by atoms with Gasteiger partial charge in [-0.1, -0.05) is 6.07 Å². The van der Waals surface area contributed by atoms with Gasteiger partial charge in [0.05, 0.1) is 12.4 Å². The zero-order valence-corrected chi connectivity index (χ0v) is 15.8. The number of hydrogen-bond acceptors (Lipinski definition) is 5. The maximum absolute atomic E-state index is 12.4. The van der Waals surface area contributed by atoms with E-state index in [1.165, 1.54) is 18.3 Å². The molecule has 0 atom stereocenters. The number of piperidine rings is 1. The van der Waals surface area contributed by atoms with E-state index in [9.17, 15) is 18.0 Å². The first-order valence-corrected chi connectivity index (χ1v) is 10.1.